The Morgan fingerprint density at radius 1 is 1.00 bits per heavy atom. The van der Waals surface area contributed by atoms with Crippen LogP contribution in [0.2, 0.25) is 0 Å². The van der Waals surface area contributed by atoms with Gasteiger partial charge in [-0.1, -0.05) is 18.2 Å². The molecule has 2 aliphatic heterocycles. The first-order valence-electron chi connectivity index (χ1n) is 14.4. The predicted molar refractivity (Wildman–Crippen MR) is 147 cm³/mol. The van der Waals surface area contributed by atoms with Crippen LogP contribution in [-0.4, -0.2) is 91.1 Å². The molecule has 0 amide bonds. The van der Waals surface area contributed by atoms with Crippen LogP contribution in [0.15, 0.2) is 30.3 Å². The third-order valence-corrected chi connectivity index (χ3v) is 8.43. The maximum absolute atomic E-state index is 11.0. The van der Waals surface area contributed by atoms with E-state index in [1.54, 1.807) is 11.8 Å². The average Bonchev–Trinajstić information content (AvgIpc) is 3.24. The number of ether oxygens (including phenoxy) is 6. The van der Waals surface area contributed by atoms with Gasteiger partial charge in [0, 0.05) is 31.3 Å². The first kappa shape index (κ1) is 30.6. The Hall–Kier alpha value is -1.40. The van der Waals surface area contributed by atoms with Gasteiger partial charge in [0.05, 0.1) is 31.3 Å². The number of carbonyl (C=O) groups is 1. The van der Waals surface area contributed by atoms with Crippen LogP contribution in [0.5, 0.6) is 5.75 Å². The third-order valence-electron chi connectivity index (χ3n) is 7.41. The van der Waals surface area contributed by atoms with Crippen LogP contribution in [0, 0.1) is 5.92 Å². The minimum absolute atomic E-state index is 0.127. The molecular formula is C29H44O9S. The molecule has 7 atom stereocenters. The molecule has 1 aromatic rings. The summed E-state index contributed by atoms with van der Waals surface area (Å²) >= 11 is 1.59. The van der Waals surface area contributed by atoms with Crippen molar-refractivity contribution in [2.24, 2.45) is 5.92 Å². The molecule has 4 rings (SSSR count). The molecule has 0 spiro atoms. The van der Waals surface area contributed by atoms with Crippen LogP contribution in [0.1, 0.15) is 57.8 Å². The summed E-state index contributed by atoms with van der Waals surface area (Å²) in [6.07, 6.45) is 5.07. The summed E-state index contributed by atoms with van der Waals surface area (Å²) < 4.78 is 36.8. The van der Waals surface area contributed by atoms with E-state index < -0.39 is 12.1 Å². The molecule has 3 aliphatic rings. The molecule has 220 valence electrons. The van der Waals surface area contributed by atoms with Crippen molar-refractivity contribution in [3.05, 3.63) is 30.3 Å². The number of thioether (sulfide) groups is 1. The summed E-state index contributed by atoms with van der Waals surface area (Å²) in [7, 11) is 0. The Bertz CT molecular complexity index is 816. The van der Waals surface area contributed by atoms with E-state index in [4.69, 9.17) is 33.5 Å². The molecule has 0 radical (unpaired) electrons. The normalized spacial score (nSPS) is 30.2. The fourth-order valence-electron chi connectivity index (χ4n) is 5.34. The Balaban J connectivity index is 1.38. The lowest BCUT2D eigenvalue weighted by atomic mass is 10.00. The molecule has 39 heavy (non-hydrogen) atoms. The van der Waals surface area contributed by atoms with Crippen LogP contribution in [0.25, 0.3) is 0 Å². The summed E-state index contributed by atoms with van der Waals surface area (Å²) in [5, 5.41) is 19.9. The second-order valence-corrected chi connectivity index (χ2v) is 11.7. The van der Waals surface area contributed by atoms with Crippen LogP contribution in [0.3, 0.4) is 0 Å². The fraction of sp³-hybridized carbons (Fsp3) is 0.759. The molecule has 1 saturated carbocycles. The van der Waals surface area contributed by atoms with Crippen molar-refractivity contribution < 1.29 is 43.4 Å². The van der Waals surface area contributed by atoms with Crippen LogP contribution < -0.4 is 4.74 Å². The second kappa shape index (κ2) is 16.8. The first-order valence-corrected chi connectivity index (χ1v) is 15.5. The van der Waals surface area contributed by atoms with Gasteiger partial charge in [0.2, 0.25) is 0 Å². The standard InChI is InChI=1S/C29H44O9S/c30-24-18-25(38-28-11-5-7-15-34-28)29(23(24)12-16-39-17-13-26(31)32)36-20-22(37-27-10-4-6-14-33-27)19-35-21-8-2-1-3-9-21/h1-3,8-9,22-25,27-30H,4-7,10-20H2,(H,31,32). The van der Waals surface area contributed by atoms with Gasteiger partial charge in [-0.3, -0.25) is 4.79 Å². The van der Waals surface area contributed by atoms with Gasteiger partial charge in [0.1, 0.15) is 18.5 Å². The van der Waals surface area contributed by atoms with Crippen molar-refractivity contribution in [3.63, 3.8) is 0 Å². The van der Waals surface area contributed by atoms with E-state index in [2.05, 4.69) is 0 Å². The minimum Gasteiger partial charge on any atom is -0.491 e. The van der Waals surface area contributed by atoms with Crippen LogP contribution in [-0.2, 0) is 28.5 Å². The average molecular weight is 569 g/mol. The molecule has 9 nitrogen and oxygen atoms in total. The highest BCUT2D eigenvalue weighted by Gasteiger charge is 2.45. The van der Waals surface area contributed by atoms with Crippen molar-refractivity contribution in [2.75, 3.05) is 37.9 Å². The second-order valence-electron chi connectivity index (χ2n) is 10.5. The first-order chi connectivity index (χ1) is 19.1. The number of para-hydroxylation sites is 1. The predicted octanol–water partition coefficient (Wildman–Crippen LogP) is 4.25. The van der Waals surface area contributed by atoms with E-state index in [9.17, 15) is 9.90 Å². The molecule has 1 aromatic carbocycles. The van der Waals surface area contributed by atoms with Crippen molar-refractivity contribution in [1.29, 1.82) is 0 Å². The maximum Gasteiger partial charge on any atom is 0.304 e. The summed E-state index contributed by atoms with van der Waals surface area (Å²) in [4.78, 5) is 10.9. The smallest absolute Gasteiger partial charge is 0.304 e. The van der Waals surface area contributed by atoms with Gasteiger partial charge in [0.25, 0.3) is 0 Å². The molecule has 2 saturated heterocycles. The zero-order chi connectivity index (χ0) is 27.3. The molecule has 3 fully saturated rings. The molecule has 7 unspecified atom stereocenters. The Labute approximate surface area is 235 Å². The van der Waals surface area contributed by atoms with Gasteiger partial charge < -0.3 is 38.6 Å². The van der Waals surface area contributed by atoms with E-state index in [0.29, 0.717) is 38.4 Å². The number of carboxylic acids is 1. The number of rotatable bonds is 16. The van der Waals surface area contributed by atoms with E-state index in [-0.39, 0.29) is 49.8 Å². The Kier molecular flexibility index (Phi) is 13.1. The molecule has 2 heterocycles. The van der Waals surface area contributed by atoms with Crippen molar-refractivity contribution in [1.82, 2.24) is 0 Å². The molecule has 0 bridgehead atoms. The maximum atomic E-state index is 11.0. The fourth-order valence-corrected chi connectivity index (χ4v) is 6.30. The quantitative estimate of drug-likeness (QED) is 0.281. The Morgan fingerprint density at radius 3 is 2.44 bits per heavy atom. The number of hydrogen-bond donors (Lipinski definition) is 2. The van der Waals surface area contributed by atoms with Gasteiger partial charge in [-0.2, -0.15) is 11.8 Å². The number of aliphatic hydroxyl groups excluding tert-OH is 1. The van der Waals surface area contributed by atoms with Crippen LogP contribution >= 0.6 is 11.8 Å². The molecule has 10 heteroatoms. The monoisotopic (exact) mass is 568 g/mol. The zero-order valence-corrected chi connectivity index (χ0v) is 23.5. The summed E-state index contributed by atoms with van der Waals surface area (Å²) in [5.74, 6) is 1.13. The van der Waals surface area contributed by atoms with E-state index in [0.717, 1.165) is 50.0 Å². The summed E-state index contributed by atoms with van der Waals surface area (Å²) in [6.45, 7) is 1.96. The van der Waals surface area contributed by atoms with E-state index in [1.165, 1.54) is 0 Å². The van der Waals surface area contributed by atoms with Gasteiger partial charge in [0.15, 0.2) is 12.6 Å². The lowest BCUT2D eigenvalue weighted by Crippen LogP contribution is -2.41. The highest BCUT2D eigenvalue weighted by molar-refractivity contribution is 7.99. The molecule has 2 N–H and O–H groups in total. The van der Waals surface area contributed by atoms with Crippen molar-refractivity contribution in [3.8, 4) is 5.75 Å². The molecular weight excluding hydrogens is 524 g/mol. The number of benzene rings is 1. The number of carboxylic acid groups (broad SMARTS) is 1. The highest BCUT2D eigenvalue weighted by Crippen LogP contribution is 2.36. The SMILES string of the molecule is O=C(O)CCSCCC1C(O)CC(OC2CCCCO2)C1OCC(COc1ccccc1)OC1CCCCO1. The number of aliphatic hydroxyl groups is 1. The largest absolute Gasteiger partial charge is 0.491 e. The number of hydrogen-bond acceptors (Lipinski definition) is 9. The Morgan fingerprint density at radius 2 is 1.74 bits per heavy atom. The summed E-state index contributed by atoms with van der Waals surface area (Å²) in [6, 6.07) is 9.63. The lowest BCUT2D eigenvalue weighted by Gasteiger charge is -2.32. The van der Waals surface area contributed by atoms with Gasteiger partial charge >= 0.3 is 5.97 Å². The van der Waals surface area contributed by atoms with Gasteiger partial charge in [-0.05, 0) is 62.8 Å². The summed E-state index contributed by atoms with van der Waals surface area (Å²) in [5.41, 5.74) is 0. The molecule has 0 aromatic heterocycles. The molecule has 1 aliphatic carbocycles. The number of aliphatic carboxylic acids is 1. The van der Waals surface area contributed by atoms with Gasteiger partial charge in [-0.25, -0.2) is 0 Å². The highest BCUT2D eigenvalue weighted by atomic mass is 32.2. The minimum atomic E-state index is -0.795. The van der Waals surface area contributed by atoms with E-state index in [1.807, 2.05) is 30.3 Å². The lowest BCUT2D eigenvalue weighted by molar-refractivity contribution is -0.226. The van der Waals surface area contributed by atoms with Crippen molar-refractivity contribution in [2.45, 2.75) is 94.8 Å². The third kappa shape index (κ3) is 10.5. The van der Waals surface area contributed by atoms with Crippen LogP contribution in [0.4, 0.5) is 0 Å². The topological polar surface area (TPSA) is 113 Å². The zero-order valence-electron chi connectivity index (χ0n) is 22.7. The van der Waals surface area contributed by atoms with E-state index >= 15 is 0 Å². The van der Waals surface area contributed by atoms with Crippen molar-refractivity contribution >= 4 is 17.7 Å². The van der Waals surface area contributed by atoms with Gasteiger partial charge in [-0.15, -0.1) is 0 Å².